The Hall–Kier alpha value is 0.0949. The molecule has 3 atom stereocenters. The minimum Gasteiger partial charge on any atom is -0.468 e. The predicted octanol–water partition coefficient (Wildman–Crippen LogP) is 0.306. The Morgan fingerprint density at radius 3 is 2.92 bits per heavy atom. The molecular weight excluding hydrogens is 191 g/mol. The molecule has 0 spiro atoms. The molecule has 0 rings (SSSR count). The van der Waals surface area contributed by atoms with Crippen LogP contribution in [0, 0.1) is 0 Å². The first-order valence-corrected chi connectivity index (χ1v) is 4.74. The van der Waals surface area contributed by atoms with Gasteiger partial charge < -0.3 is 4.74 Å². The van der Waals surface area contributed by atoms with Gasteiger partial charge in [-0.2, -0.15) is 9.12 Å². The molecule has 0 aliphatic carbocycles. The maximum Gasteiger partial charge on any atom is 0.323 e. The molecule has 0 aliphatic rings. The summed E-state index contributed by atoms with van der Waals surface area (Å²) < 4.78 is 4.57. The van der Waals surface area contributed by atoms with E-state index in [-0.39, 0.29) is 12.0 Å². The Morgan fingerprint density at radius 2 is 2.50 bits per heavy atom. The van der Waals surface area contributed by atoms with E-state index in [9.17, 15) is 4.79 Å². The third-order valence-corrected chi connectivity index (χ3v) is 1.93. The van der Waals surface area contributed by atoms with Crippen molar-refractivity contribution in [2.24, 2.45) is 0 Å². The average molecular weight is 204 g/mol. The summed E-state index contributed by atoms with van der Waals surface area (Å²) in [5.41, 5.74) is 0. The highest BCUT2D eigenvalue weighted by Gasteiger charge is 2.13. The average Bonchev–Trinajstić information content (AvgIpc) is 2.11. The third-order valence-electron chi connectivity index (χ3n) is 1.31. The molecule has 0 bridgehead atoms. The molecule has 1 N–H and O–H groups in total. The topological polar surface area (TPSA) is 38.3 Å². The highest BCUT2D eigenvalue weighted by atomic mass is 31.0. The van der Waals surface area contributed by atoms with Gasteiger partial charge in [0.05, 0.1) is 7.11 Å². The smallest absolute Gasteiger partial charge is 0.323 e. The quantitative estimate of drug-likeness (QED) is 0.397. The summed E-state index contributed by atoms with van der Waals surface area (Å²) >= 11 is 0. The van der Waals surface area contributed by atoms with Gasteiger partial charge in [0.1, 0.15) is 6.04 Å². The molecular formula is C6H13BNO2P2. The summed E-state index contributed by atoms with van der Waals surface area (Å²) in [4.78, 5) is 11.0. The lowest BCUT2D eigenvalue weighted by molar-refractivity contribution is -0.142. The van der Waals surface area contributed by atoms with Gasteiger partial charge in [0.2, 0.25) is 0 Å². The Bertz CT molecular complexity index is 166. The molecule has 3 nitrogen and oxygen atoms in total. The van der Waals surface area contributed by atoms with Crippen LogP contribution in [0.3, 0.4) is 0 Å². The van der Waals surface area contributed by atoms with Crippen LogP contribution in [0.4, 0.5) is 0 Å². The molecule has 0 fully saturated rings. The number of nitrogens with one attached hydrogen (secondary N) is 1. The summed E-state index contributed by atoms with van der Waals surface area (Å²) in [6.07, 6.45) is 2.52. The minimum atomic E-state index is -0.277. The van der Waals surface area contributed by atoms with E-state index in [4.69, 9.17) is 0 Å². The fraction of sp³-hybridized carbons (Fsp3) is 0.500. The molecule has 0 aromatic carbocycles. The molecule has 0 aromatic heterocycles. The fourth-order valence-electron chi connectivity index (χ4n) is 0.668. The van der Waals surface area contributed by atoms with Crippen LogP contribution < -0.4 is 5.09 Å². The number of carbonyl (C=O) groups excluding carboxylic acids is 1. The molecule has 0 saturated carbocycles. The lowest BCUT2D eigenvalue weighted by Crippen LogP contribution is -2.30. The number of methoxy groups -OCH3 is 1. The summed E-state index contributed by atoms with van der Waals surface area (Å²) in [5, 5.41) is 2.78. The van der Waals surface area contributed by atoms with E-state index < -0.39 is 0 Å². The number of rotatable bonds is 5. The van der Waals surface area contributed by atoms with Crippen LogP contribution >= 0.6 is 18.5 Å². The maximum absolute atomic E-state index is 11.0. The molecule has 67 valence electrons. The van der Waals surface area contributed by atoms with Crippen molar-refractivity contribution in [2.75, 3.05) is 7.11 Å². The molecule has 0 saturated heterocycles. The van der Waals surface area contributed by atoms with E-state index in [1.165, 1.54) is 7.11 Å². The van der Waals surface area contributed by atoms with Crippen molar-refractivity contribution in [2.45, 2.75) is 12.5 Å². The maximum atomic E-state index is 11.0. The van der Waals surface area contributed by atoms with Gasteiger partial charge in [0.15, 0.2) is 7.00 Å². The summed E-state index contributed by atoms with van der Waals surface area (Å²) in [5.74, 6) is 1.61. The SMILES string of the molecule is COC(=O)C(C/C=C\[B]P)NP. The third kappa shape index (κ3) is 4.87. The van der Waals surface area contributed by atoms with Crippen LogP contribution in [-0.4, -0.2) is 26.1 Å². The lowest BCUT2D eigenvalue weighted by Gasteiger charge is -2.10. The second-order valence-corrected chi connectivity index (χ2v) is 2.82. The van der Waals surface area contributed by atoms with Gasteiger partial charge in [-0.1, -0.05) is 15.5 Å². The van der Waals surface area contributed by atoms with Gasteiger partial charge in [-0.3, -0.25) is 9.88 Å². The van der Waals surface area contributed by atoms with Crippen LogP contribution in [0.5, 0.6) is 0 Å². The molecule has 0 aromatic rings. The van der Waals surface area contributed by atoms with E-state index in [2.05, 4.69) is 28.3 Å². The molecule has 6 heteroatoms. The summed E-state index contributed by atoms with van der Waals surface area (Å²) in [6, 6.07) is -0.277. The first-order chi connectivity index (χ1) is 5.76. The van der Waals surface area contributed by atoms with Crippen LogP contribution in [0.2, 0.25) is 0 Å². The van der Waals surface area contributed by atoms with Crippen molar-refractivity contribution in [3.63, 3.8) is 0 Å². The Labute approximate surface area is 78.4 Å². The number of ether oxygens (including phenoxy) is 1. The standard InChI is InChI=1S/C6H13BNO2P2/c1-10-6(9)5(8-12)3-2-4-7-11/h2,4-5,8H,3,11-12H2,1H3/b4-2-. The zero-order valence-electron chi connectivity index (χ0n) is 6.99. The first kappa shape index (κ1) is 12.1. The van der Waals surface area contributed by atoms with Gasteiger partial charge in [-0.15, -0.1) is 5.98 Å². The van der Waals surface area contributed by atoms with E-state index in [1.807, 2.05) is 19.1 Å². The van der Waals surface area contributed by atoms with Crippen molar-refractivity contribution >= 4 is 31.5 Å². The predicted molar refractivity (Wildman–Crippen MR) is 57.9 cm³/mol. The van der Waals surface area contributed by atoms with E-state index >= 15 is 0 Å². The molecule has 0 amide bonds. The Balaban J connectivity index is 3.82. The molecule has 12 heavy (non-hydrogen) atoms. The lowest BCUT2D eigenvalue weighted by atomic mass is 10.1. The highest BCUT2D eigenvalue weighted by molar-refractivity contribution is 7.56. The van der Waals surface area contributed by atoms with Gasteiger partial charge in [0.25, 0.3) is 0 Å². The van der Waals surface area contributed by atoms with Gasteiger partial charge in [-0.05, 0) is 6.42 Å². The molecule has 0 heterocycles. The first-order valence-electron chi connectivity index (χ1n) is 3.50. The normalized spacial score (nSPS) is 12.9. The van der Waals surface area contributed by atoms with E-state index in [1.54, 1.807) is 0 Å². The van der Waals surface area contributed by atoms with Crippen LogP contribution in [0.15, 0.2) is 12.1 Å². The molecule has 3 unspecified atom stereocenters. The summed E-state index contributed by atoms with van der Waals surface area (Å²) in [7, 11) is 6.14. The van der Waals surface area contributed by atoms with Gasteiger partial charge >= 0.3 is 5.97 Å². The zero-order valence-corrected chi connectivity index (χ0v) is 9.30. The highest BCUT2D eigenvalue weighted by Crippen LogP contribution is 1.98. The number of carbonyl (C=O) groups is 1. The van der Waals surface area contributed by atoms with Crippen molar-refractivity contribution in [1.29, 1.82) is 0 Å². The van der Waals surface area contributed by atoms with Crippen LogP contribution in [-0.2, 0) is 9.53 Å². The monoisotopic (exact) mass is 204 g/mol. The minimum absolute atomic E-state index is 0.251. The fourth-order valence-corrected chi connectivity index (χ4v) is 1.10. The largest absolute Gasteiger partial charge is 0.468 e. The Kier molecular flexibility index (Phi) is 7.79. The zero-order chi connectivity index (χ0) is 9.40. The van der Waals surface area contributed by atoms with Gasteiger partial charge in [0, 0.05) is 0 Å². The van der Waals surface area contributed by atoms with Crippen LogP contribution in [0.25, 0.3) is 0 Å². The van der Waals surface area contributed by atoms with Gasteiger partial charge in [-0.25, -0.2) is 0 Å². The molecule has 1 radical (unpaired) electrons. The number of hydrogen-bond acceptors (Lipinski definition) is 3. The van der Waals surface area contributed by atoms with Crippen molar-refractivity contribution in [1.82, 2.24) is 5.09 Å². The van der Waals surface area contributed by atoms with E-state index in [0.717, 1.165) is 0 Å². The Morgan fingerprint density at radius 1 is 1.83 bits per heavy atom. The van der Waals surface area contributed by atoms with Crippen molar-refractivity contribution in [3.8, 4) is 0 Å². The second kappa shape index (κ2) is 7.73. The van der Waals surface area contributed by atoms with E-state index in [0.29, 0.717) is 6.42 Å². The van der Waals surface area contributed by atoms with Crippen molar-refractivity contribution < 1.29 is 9.53 Å². The summed E-state index contributed by atoms with van der Waals surface area (Å²) in [6.45, 7) is 1.83. The molecule has 0 aliphatic heterocycles. The number of esters is 1. The second-order valence-electron chi connectivity index (χ2n) is 2.10. The van der Waals surface area contributed by atoms with Crippen molar-refractivity contribution in [3.05, 3.63) is 12.1 Å². The number of hydrogen-bond donors (Lipinski definition) is 1. The van der Waals surface area contributed by atoms with Crippen LogP contribution in [0.1, 0.15) is 6.42 Å².